The molecule has 2 bridgehead atoms. The van der Waals surface area contributed by atoms with Crippen LogP contribution in [0.1, 0.15) is 38.2 Å². The molecule has 2 fully saturated rings. The molecule has 7 heteroatoms. The second kappa shape index (κ2) is 9.15. The summed E-state index contributed by atoms with van der Waals surface area (Å²) in [4.78, 5) is 12.3. The number of carbonyl (C=O) groups is 1. The highest BCUT2D eigenvalue weighted by atomic mass is 35.5. The van der Waals surface area contributed by atoms with Crippen molar-refractivity contribution in [1.82, 2.24) is 4.72 Å². The zero-order valence-electron chi connectivity index (χ0n) is 17.4. The van der Waals surface area contributed by atoms with E-state index in [0.717, 1.165) is 17.9 Å². The van der Waals surface area contributed by atoms with Crippen molar-refractivity contribution in [3.8, 4) is 0 Å². The number of benzene rings is 2. The minimum Gasteiger partial charge on any atom is -0.323 e. The van der Waals surface area contributed by atoms with Gasteiger partial charge in [-0.1, -0.05) is 30.2 Å². The fourth-order valence-corrected chi connectivity index (χ4v) is 6.37. The highest BCUT2D eigenvalue weighted by molar-refractivity contribution is 7.89. The van der Waals surface area contributed by atoms with Gasteiger partial charge in [0, 0.05) is 22.8 Å². The van der Waals surface area contributed by atoms with Gasteiger partial charge in [0.05, 0.1) is 4.90 Å². The van der Waals surface area contributed by atoms with Crippen molar-refractivity contribution in [2.75, 3.05) is 5.32 Å². The maximum Gasteiger partial charge on any atom is 0.248 e. The van der Waals surface area contributed by atoms with Gasteiger partial charge in [0.2, 0.25) is 15.9 Å². The minimum atomic E-state index is -3.60. The summed E-state index contributed by atoms with van der Waals surface area (Å²) in [5.74, 6) is 1.56. The average Bonchev–Trinajstić information content (AvgIpc) is 3.37. The molecule has 2 saturated carbocycles. The lowest BCUT2D eigenvalue weighted by Crippen LogP contribution is -2.40. The summed E-state index contributed by atoms with van der Waals surface area (Å²) in [6.45, 7) is 1.98. The molecule has 4 rings (SSSR count). The van der Waals surface area contributed by atoms with E-state index in [4.69, 9.17) is 11.6 Å². The fraction of sp³-hybridized carbons (Fsp3) is 0.375. The lowest BCUT2D eigenvalue weighted by atomic mass is 9.84. The Labute approximate surface area is 188 Å². The molecular weight excluding hydrogens is 432 g/mol. The number of carbonyl (C=O) groups excluding carboxylic acids is 1. The van der Waals surface area contributed by atoms with E-state index in [1.165, 1.54) is 37.5 Å². The molecule has 164 valence electrons. The highest BCUT2D eigenvalue weighted by Gasteiger charge is 2.42. The summed E-state index contributed by atoms with van der Waals surface area (Å²) in [6.07, 6.45) is 8.00. The molecule has 0 aliphatic heterocycles. The maximum absolute atomic E-state index is 12.8. The van der Waals surface area contributed by atoms with Gasteiger partial charge < -0.3 is 5.32 Å². The van der Waals surface area contributed by atoms with Crippen LogP contribution >= 0.6 is 11.6 Å². The van der Waals surface area contributed by atoms with Gasteiger partial charge >= 0.3 is 0 Å². The Bertz CT molecular complexity index is 1070. The van der Waals surface area contributed by atoms with Crippen LogP contribution in [0.5, 0.6) is 0 Å². The fourth-order valence-electron chi connectivity index (χ4n) is 4.95. The number of halogens is 1. The van der Waals surface area contributed by atoms with Gasteiger partial charge in [0.15, 0.2) is 0 Å². The molecule has 0 heterocycles. The van der Waals surface area contributed by atoms with Crippen molar-refractivity contribution in [3.05, 3.63) is 65.2 Å². The first kappa shape index (κ1) is 22.1. The van der Waals surface area contributed by atoms with Crippen molar-refractivity contribution >= 4 is 39.3 Å². The normalized spacial score (nSPS) is 23.9. The molecule has 2 N–H and O–H groups in total. The van der Waals surface area contributed by atoms with E-state index in [1.54, 1.807) is 30.3 Å². The van der Waals surface area contributed by atoms with Crippen LogP contribution in [-0.4, -0.2) is 20.4 Å². The van der Waals surface area contributed by atoms with Crippen LogP contribution in [0.3, 0.4) is 0 Å². The molecule has 2 aliphatic rings. The first-order valence-electron chi connectivity index (χ1n) is 10.7. The molecule has 4 atom stereocenters. The standard InChI is InChI=1S/C24H27ClN2O3S/c1-16(23-15-18-2-6-19(23)14-18)27-31(29,30)22-11-9-21(10-12-22)26-24(28)13-5-17-3-7-20(25)8-4-17/h3-5,7-13,16,18-19,23,27H,2,6,14-15H2,1H3,(H,26,28)/b13-5+. The molecule has 2 aliphatic carbocycles. The second-order valence-electron chi connectivity index (χ2n) is 8.65. The Hall–Kier alpha value is -2.15. The Morgan fingerprint density at radius 3 is 2.39 bits per heavy atom. The summed E-state index contributed by atoms with van der Waals surface area (Å²) in [6, 6.07) is 13.3. The van der Waals surface area contributed by atoms with Crippen LogP contribution in [0.4, 0.5) is 5.69 Å². The van der Waals surface area contributed by atoms with Gasteiger partial charge in [-0.05, 0) is 92.0 Å². The molecule has 2 aromatic carbocycles. The van der Waals surface area contributed by atoms with Crippen LogP contribution < -0.4 is 10.0 Å². The largest absolute Gasteiger partial charge is 0.323 e. The van der Waals surface area contributed by atoms with Gasteiger partial charge in [-0.15, -0.1) is 0 Å². The topological polar surface area (TPSA) is 75.3 Å². The van der Waals surface area contributed by atoms with E-state index in [9.17, 15) is 13.2 Å². The third-order valence-corrected chi connectivity index (χ3v) is 8.33. The Morgan fingerprint density at radius 1 is 1.06 bits per heavy atom. The van der Waals surface area contributed by atoms with E-state index in [0.29, 0.717) is 22.5 Å². The van der Waals surface area contributed by atoms with Gasteiger partial charge in [-0.25, -0.2) is 13.1 Å². The third kappa shape index (κ3) is 5.37. The van der Waals surface area contributed by atoms with E-state index in [-0.39, 0.29) is 16.8 Å². The number of hydrogen-bond donors (Lipinski definition) is 2. The monoisotopic (exact) mass is 458 g/mol. The first-order valence-corrected chi connectivity index (χ1v) is 12.5. The first-order chi connectivity index (χ1) is 14.8. The van der Waals surface area contributed by atoms with Crippen molar-refractivity contribution in [3.63, 3.8) is 0 Å². The van der Waals surface area contributed by atoms with Gasteiger partial charge in [-0.3, -0.25) is 4.79 Å². The molecule has 0 radical (unpaired) electrons. The summed E-state index contributed by atoms with van der Waals surface area (Å²) < 4.78 is 28.5. The predicted molar refractivity (Wildman–Crippen MR) is 124 cm³/mol. The molecule has 31 heavy (non-hydrogen) atoms. The maximum atomic E-state index is 12.8. The zero-order valence-corrected chi connectivity index (χ0v) is 19.0. The number of sulfonamides is 1. The van der Waals surface area contributed by atoms with Crippen LogP contribution in [0.25, 0.3) is 6.08 Å². The third-order valence-electron chi connectivity index (χ3n) is 6.51. The van der Waals surface area contributed by atoms with Crippen LogP contribution in [0, 0.1) is 17.8 Å². The molecule has 0 spiro atoms. The number of rotatable bonds is 7. The molecular formula is C24H27ClN2O3S. The van der Waals surface area contributed by atoms with E-state index >= 15 is 0 Å². The smallest absolute Gasteiger partial charge is 0.248 e. The van der Waals surface area contributed by atoms with Crippen LogP contribution in [0.15, 0.2) is 59.5 Å². The summed E-state index contributed by atoms with van der Waals surface area (Å²) in [7, 11) is -3.60. The SMILES string of the molecule is CC(NS(=O)(=O)c1ccc(NC(=O)/C=C/c2ccc(Cl)cc2)cc1)C1CC2CCC1C2. The number of anilines is 1. The summed E-state index contributed by atoms with van der Waals surface area (Å²) in [5, 5.41) is 3.37. The van der Waals surface area contributed by atoms with Crippen LogP contribution in [0.2, 0.25) is 5.02 Å². The lowest BCUT2D eigenvalue weighted by Gasteiger charge is -2.28. The van der Waals surface area contributed by atoms with Gasteiger partial charge in [-0.2, -0.15) is 0 Å². The zero-order chi connectivity index (χ0) is 22.0. The molecule has 0 saturated heterocycles. The van der Waals surface area contributed by atoms with Crippen molar-refractivity contribution in [2.24, 2.45) is 17.8 Å². The molecule has 4 unspecified atom stereocenters. The van der Waals surface area contributed by atoms with E-state index in [2.05, 4.69) is 10.0 Å². The average molecular weight is 459 g/mol. The van der Waals surface area contributed by atoms with Crippen LogP contribution in [-0.2, 0) is 14.8 Å². The van der Waals surface area contributed by atoms with Gasteiger partial charge in [0.1, 0.15) is 0 Å². The molecule has 0 aromatic heterocycles. The van der Waals surface area contributed by atoms with Gasteiger partial charge in [0.25, 0.3) is 0 Å². The minimum absolute atomic E-state index is 0.0716. The number of hydrogen-bond acceptors (Lipinski definition) is 3. The number of amides is 1. The Balaban J connectivity index is 1.34. The van der Waals surface area contributed by atoms with E-state index in [1.807, 2.05) is 19.1 Å². The Kier molecular flexibility index (Phi) is 6.51. The van der Waals surface area contributed by atoms with Crippen molar-refractivity contribution in [2.45, 2.75) is 43.5 Å². The quantitative estimate of drug-likeness (QED) is 0.567. The predicted octanol–water partition coefficient (Wildman–Crippen LogP) is 5.09. The number of fused-ring (bicyclic) bond motifs is 2. The molecule has 1 amide bonds. The van der Waals surface area contributed by atoms with Crippen molar-refractivity contribution < 1.29 is 13.2 Å². The number of nitrogens with one attached hydrogen (secondary N) is 2. The molecule has 5 nitrogen and oxygen atoms in total. The Morgan fingerprint density at radius 2 is 1.77 bits per heavy atom. The summed E-state index contributed by atoms with van der Waals surface area (Å²) in [5.41, 5.74) is 1.39. The lowest BCUT2D eigenvalue weighted by molar-refractivity contribution is -0.111. The highest BCUT2D eigenvalue weighted by Crippen LogP contribution is 2.49. The summed E-state index contributed by atoms with van der Waals surface area (Å²) >= 11 is 5.85. The van der Waals surface area contributed by atoms with E-state index < -0.39 is 10.0 Å². The van der Waals surface area contributed by atoms with Crippen molar-refractivity contribution in [1.29, 1.82) is 0 Å². The molecule has 2 aromatic rings. The second-order valence-corrected chi connectivity index (χ2v) is 10.8.